The van der Waals surface area contributed by atoms with Gasteiger partial charge in [0.25, 0.3) is 5.22 Å². The molecule has 62 valence electrons. The Bertz CT molecular complexity index is 401. The second kappa shape index (κ2) is 3.05. The molecule has 2 nitrogen and oxygen atoms in total. The maximum Gasteiger partial charge on any atom is 0.253 e. The molecule has 0 unspecified atom stereocenters. The highest BCUT2D eigenvalue weighted by Crippen LogP contribution is 2.29. The Morgan fingerprint density at radius 3 is 2.67 bits per heavy atom. The second-order valence-electron chi connectivity index (χ2n) is 2.23. The van der Waals surface area contributed by atoms with E-state index in [1.807, 2.05) is 12.1 Å². The van der Waals surface area contributed by atoms with Crippen LogP contribution >= 0.6 is 44.5 Å². The number of rotatable bonds is 0. The van der Waals surface area contributed by atoms with E-state index in [0.717, 1.165) is 20.0 Å². The van der Waals surface area contributed by atoms with Crippen molar-refractivity contribution in [2.75, 3.05) is 0 Å². The average molecular weight is 309 g/mol. The highest BCUT2D eigenvalue weighted by molar-refractivity contribution is 9.13. The van der Waals surface area contributed by atoms with E-state index in [0.29, 0.717) is 5.22 Å². The van der Waals surface area contributed by atoms with Gasteiger partial charge in [-0.3, -0.25) is 0 Å². The van der Waals surface area contributed by atoms with E-state index in [1.54, 1.807) is 0 Å². The number of aromatic nitrogens is 1. The fraction of sp³-hybridized carbons (Fsp3) is 0. The van der Waals surface area contributed by atoms with E-state index in [1.165, 1.54) is 0 Å². The number of hydrogen-bond donors (Lipinski definition) is 1. The molecule has 0 saturated carbocycles. The molecule has 0 aliphatic heterocycles. The number of nitrogens with zero attached hydrogens (tertiary/aromatic N) is 1. The third-order valence-corrected chi connectivity index (χ3v) is 3.45. The summed E-state index contributed by atoms with van der Waals surface area (Å²) in [6.07, 6.45) is 0. The van der Waals surface area contributed by atoms with Gasteiger partial charge >= 0.3 is 0 Å². The minimum atomic E-state index is 0.384. The molecule has 2 rings (SSSR count). The van der Waals surface area contributed by atoms with Crippen LogP contribution in [0, 0.1) is 0 Å². The predicted molar refractivity (Wildman–Crippen MR) is 56.7 cm³/mol. The van der Waals surface area contributed by atoms with Gasteiger partial charge in [0.15, 0.2) is 5.58 Å². The number of thiol groups is 1. The van der Waals surface area contributed by atoms with Crippen LogP contribution in [0.4, 0.5) is 0 Å². The Kier molecular flexibility index (Phi) is 2.18. The Hall–Kier alpha value is -0.000000000000000111. The van der Waals surface area contributed by atoms with Crippen molar-refractivity contribution in [2.24, 2.45) is 0 Å². The van der Waals surface area contributed by atoms with Gasteiger partial charge in [-0.1, -0.05) is 12.6 Å². The molecule has 0 aliphatic rings. The van der Waals surface area contributed by atoms with E-state index in [2.05, 4.69) is 49.5 Å². The number of benzene rings is 1. The van der Waals surface area contributed by atoms with Crippen LogP contribution in [-0.2, 0) is 0 Å². The fourth-order valence-electron chi connectivity index (χ4n) is 0.911. The van der Waals surface area contributed by atoms with Crippen molar-refractivity contribution in [1.29, 1.82) is 0 Å². The van der Waals surface area contributed by atoms with Crippen molar-refractivity contribution in [3.63, 3.8) is 0 Å². The van der Waals surface area contributed by atoms with Crippen LogP contribution in [0.2, 0.25) is 0 Å². The lowest BCUT2D eigenvalue weighted by Crippen LogP contribution is -1.70. The van der Waals surface area contributed by atoms with E-state index in [-0.39, 0.29) is 0 Å². The predicted octanol–water partition coefficient (Wildman–Crippen LogP) is 3.64. The molecule has 0 saturated heterocycles. The minimum absolute atomic E-state index is 0.384. The first kappa shape index (κ1) is 8.59. The van der Waals surface area contributed by atoms with E-state index in [9.17, 15) is 0 Å². The molecule has 2 aromatic rings. The van der Waals surface area contributed by atoms with Crippen LogP contribution in [0.15, 0.2) is 30.7 Å². The molecule has 1 aromatic carbocycles. The van der Waals surface area contributed by atoms with Gasteiger partial charge in [-0.2, -0.15) is 0 Å². The molecule has 12 heavy (non-hydrogen) atoms. The quantitative estimate of drug-likeness (QED) is 0.752. The largest absolute Gasteiger partial charge is 0.431 e. The molecule has 0 atom stereocenters. The Balaban J connectivity index is 2.83. The molecule has 0 N–H and O–H groups in total. The summed E-state index contributed by atoms with van der Waals surface area (Å²) in [6, 6.07) is 3.73. The molecule has 1 heterocycles. The van der Waals surface area contributed by atoms with Crippen molar-refractivity contribution >= 4 is 55.6 Å². The molecule has 0 bridgehead atoms. The summed E-state index contributed by atoms with van der Waals surface area (Å²) in [6.45, 7) is 0. The zero-order valence-electron chi connectivity index (χ0n) is 5.71. The topological polar surface area (TPSA) is 26.0 Å². The summed E-state index contributed by atoms with van der Waals surface area (Å²) < 4.78 is 7.11. The van der Waals surface area contributed by atoms with Crippen molar-refractivity contribution in [3.8, 4) is 0 Å². The summed E-state index contributed by atoms with van der Waals surface area (Å²) in [5.74, 6) is 0. The number of oxazole rings is 1. The first-order valence-corrected chi connectivity index (χ1v) is 5.14. The van der Waals surface area contributed by atoms with Crippen LogP contribution < -0.4 is 0 Å². The summed E-state index contributed by atoms with van der Waals surface area (Å²) in [5.41, 5.74) is 1.53. The third-order valence-electron chi connectivity index (χ3n) is 1.42. The first-order chi connectivity index (χ1) is 5.66. The van der Waals surface area contributed by atoms with Crippen molar-refractivity contribution in [1.82, 2.24) is 4.98 Å². The molecule has 0 radical (unpaired) electrons. The van der Waals surface area contributed by atoms with E-state index < -0.39 is 0 Å². The van der Waals surface area contributed by atoms with E-state index >= 15 is 0 Å². The Morgan fingerprint density at radius 2 is 1.92 bits per heavy atom. The van der Waals surface area contributed by atoms with Crippen LogP contribution in [0.3, 0.4) is 0 Å². The van der Waals surface area contributed by atoms with Crippen LogP contribution in [0.5, 0.6) is 0 Å². The van der Waals surface area contributed by atoms with Crippen molar-refractivity contribution < 1.29 is 4.42 Å². The van der Waals surface area contributed by atoms with Gasteiger partial charge in [0, 0.05) is 8.95 Å². The SMILES string of the molecule is Sc1nc2cc(Br)c(Br)cc2o1. The van der Waals surface area contributed by atoms with Gasteiger partial charge in [0.05, 0.1) is 0 Å². The van der Waals surface area contributed by atoms with Crippen molar-refractivity contribution in [2.45, 2.75) is 5.22 Å². The maximum atomic E-state index is 5.21. The van der Waals surface area contributed by atoms with Crippen molar-refractivity contribution in [3.05, 3.63) is 21.1 Å². The lowest BCUT2D eigenvalue weighted by Gasteiger charge is -1.92. The average Bonchev–Trinajstić information content (AvgIpc) is 2.30. The minimum Gasteiger partial charge on any atom is -0.431 e. The van der Waals surface area contributed by atoms with E-state index in [4.69, 9.17) is 4.42 Å². The Labute approximate surface area is 91.0 Å². The van der Waals surface area contributed by atoms with Crippen LogP contribution in [-0.4, -0.2) is 4.98 Å². The molecule has 0 fully saturated rings. The molecule has 5 heteroatoms. The summed E-state index contributed by atoms with van der Waals surface area (Å²) in [7, 11) is 0. The van der Waals surface area contributed by atoms with Gasteiger partial charge in [-0.25, -0.2) is 4.98 Å². The smallest absolute Gasteiger partial charge is 0.253 e. The Morgan fingerprint density at radius 1 is 1.25 bits per heavy atom. The molecule has 0 amide bonds. The first-order valence-electron chi connectivity index (χ1n) is 3.11. The lowest BCUT2D eigenvalue weighted by molar-refractivity contribution is 0.492. The van der Waals surface area contributed by atoms with Crippen LogP contribution in [0.1, 0.15) is 0 Å². The van der Waals surface area contributed by atoms with Crippen LogP contribution in [0.25, 0.3) is 11.1 Å². The van der Waals surface area contributed by atoms with Gasteiger partial charge in [0.2, 0.25) is 0 Å². The number of hydrogen-bond acceptors (Lipinski definition) is 3. The standard InChI is InChI=1S/C7H3Br2NOS/c8-3-1-5-6(2-4(3)9)11-7(12)10-5/h1-2H,(H,10,12). The molecule has 0 aliphatic carbocycles. The normalized spacial score (nSPS) is 10.9. The highest BCUT2D eigenvalue weighted by Gasteiger charge is 2.05. The maximum absolute atomic E-state index is 5.21. The second-order valence-corrected chi connectivity index (χ2v) is 4.32. The zero-order valence-corrected chi connectivity index (χ0v) is 9.78. The highest BCUT2D eigenvalue weighted by atomic mass is 79.9. The molecular weight excluding hydrogens is 306 g/mol. The van der Waals surface area contributed by atoms with Gasteiger partial charge < -0.3 is 4.42 Å². The molecule has 1 aromatic heterocycles. The monoisotopic (exact) mass is 307 g/mol. The van der Waals surface area contributed by atoms with Gasteiger partial charge in [-0.15, -0.1) is 0 Å². The summed E-state index contributed by atoms with van der Waals surface area (Å²) in [5, 5.41) is 0.384. The molecular formula is C7H3Br2NOS. The number of fused-ring (bicyclic) bond motifs is 1. The fourth-order valence-corrected chi connectivity index (χ4v) is 1.77. The van der Waals surface area contributed by atoms with Gasteiger partial charge in [0.1, 0.15) is 5.52 Å². The zero-order chi connectivity index (χ0) is 8.72. The number of halogens is 2. The summed E-state index contributed by atoms with van der Waals surface area (Å²) >= 11 is 10.7. The van der Waals surface area contributed by atoms with Gasteiger partial charge in [-0.05, 0) is 44.0 Å². The third kappa shape index (κ3) is 1.41. The lowest BCUT2D eigenvalue weighted by atomic mass is 10.3. The molecule has 0 spiro atoms. The summed E-state index contributed by atoms with van der Waals surface area (Å²) in [4.78, 5) is 4.06.